The first kappa shape index (κ1) is 33.0. The fourth-order valence-corrected chi connectivity index (χ4v) is 2.08. The van der Waals surface area contributed by atoms with Crippen molar-refractivity contribution in [2.24, 2.45) is 0 Å². The minimum absolute atomic E-state index is 0.443. The Kier molecular flexibility index (Phi) is 8.63. The summed E-state index contributed by atoms with van der Waals surface area (Å²) in [5.74, 6) is -43.5. The number of ether oxygens (including phenoxy) is 1. The Hall–Kier alpha value is -1.98. The van der Waals surface area contributed by atoms with E-state index < -0.39 is 92.0 Å². The molecule has 0 aliphatic rings. The molecule has 0 amide bonds. The Morgan fingerprint density at radius 3 is 1.46 bits per heavy atom. The van der Waals surface area contributed by atoms with E-state index in [1.165, 1.54) is 0 Å². The maximum Gasteiger partial charge on any atom is 0.389 e. The van der Waals surface area contributed by atoms with Crippen molar-refractivity contribution in [1.82, 2.24) is 0 Å². The standard InChI is InChI=1S/C16H13F17O2/c1-6(12(24,25)15(30,31)10(19,20)4-5-11(21,22)23)7(34)35-9(2,3)14(28,29)16(32,33)13(26,27)8(17)18/h8H,1,4-5H2,2-3H3. The summed E-state index contributed by atoms with van der Waals surface area (Å²) in [5, 5.41) is 0. The summed E-state index contributed by atoms with van der Waals surface area (Å²) in [4.78, 5) is 11.6. The van der Waals surface area contributed by atoms with Crippen molar-refractivity contribution in [2.75, 3.05) is 0 Å². The van der Waals surface area contributed by atoms with Gasteiger partial charge in [0.2, 0.25) is 0 Å². The zero-order valence-corrected chi connectivity index (χ0v) is 16.9. The molecule has 0 aliphatic carbocycles. The van der Waals surface area contributed by atoms with Crippen molar-refractivity contribution in [1.29, 1.82) is 0 Å². The van der Waals surface area contributed by atoms with Crippen molar-refractivity contribution >= 4 is 5.97 Å². The lowest BCUT2D eigenvalue weighted by molar-refractivity contribution is -0.370. The molecule has 2 nitrogen and oxygen atoms in total. The van der Waals surface area contributed by atoms with Gasteiger partial charge in [-0.15, -0.1) is 0 Å². The van der Waals surface area contributed by atoms with Gasteiger partial charge < -0.3 is 4.74 Å². The number of halogens is 17. The zero-order chi connectivity index (χ0) is 28.9. The predicted octanol–water partition coefficient (Wildman–Crippen LogP) is 7.28. The normalized spacial score (nSPS) is 15.4. The van der Waals surface area contributed by atoms with E-state index in [0.717, 1.165) is 0 Å². The molecule has 0 N–H and O–H groups in total. The molecular formula is C16H13F17O2. The molecule has 0 heterocycles. The minimum Gasteiger partial charge on any atom is -0.449 e. The largest absolute Gasteiger partial charge is 0.449 e. The van der Waals surface area contributed by atoms with Crippen LogP contribution in [0.1, 0.15) is 26.7 Å². The van der Waals surface area contributed by atoms with Crippen LogP contribution in [0, 0.1) is 0 Å². The second-order valence-electron chi connectivity index (χ2n) is 7.42. The molecule has 0 aliphatic heterocycles. The van der Waals surface area contributed by atoms with Crippen LogP contribution in [0.15, 0.2) is 12.2 Å². The van der Waals surface area contributed by atoms with Crippen LogP contribution in [0.2, 0.25) is 0 Å². The maximum atomic E-state index is 14.0. The maximum absolute atomic E-state index is 14.0. The first-order chi connectivity index (χ1) is 14.9. The first-order valence-corrected chi connectivity index (χ1v) is 8.48. The molecule has 0 aromatic carbocycles. The van der Waals surface area contributed by atoms with Crippen LogP contribution < -0.4 is 0 Å². The van der Waals surface area contributed by atoms with Crippen LogP contribution in [-0.4, -0.2) is 59.7 Å². The summed E-state index contributed by atoms with van der Waals surface area (Å²) in [6, 6.07) is 0. The van der Waals surface area contributed by atoms with Gasteiger partial charge in [0, 0.05) is 12.8 Å². The lowest BCUT2D eigenvalue weighted by Crippen LogP contribution is -2.66. The number of hydrogen-bond donors (Lipinski definition) is 0. The third-order valence-electron chi connectivity index (χ3n) is 4.39. The molecule has 0 aromatic rings. The SMILES string of the molecule is C=C(C(=O)OC(C)(C)C(F)(F)C(F)(F)C(F)(F)C(F)F)C(F)(F)C(F)(F)C(F)(F)CCC(F)(F)F. The van der Waals surface area contributed by atoms with Crippen LogP contribution >= 0.6 is 0 Å². The monoisotopic (exact) mass is 560 g/mol. The molecule has 0 atom stereocenters. The Balaban J connectivity index is 6.10. The molecule has 0 unspecified atom stereocenters. The highest BCUT2D eigenvalue weighted by Gasteiger charge is 2.80. The summed E-state index contributed by atoms with van der Waals surface area (Å²) < 4.78 is 226. The van der Waals surface area contributed by atoms with Crippen molar-refractivity contribution in [3.05, 3.63) is 12.2 Å². The predicted molar refractivity (Wildman–Crippen MR) is 80.3 cm³/mol. The number of alkyl halides is 17. The van der Waals surface area contributed by atoms with E-state index in [0.29, 0.717) is 0 Å². The van der Waals surface area contributed by atoms with Crippen LogP contribution in [0.5, 0.6) is 0 Å². The topological polar surface area (TPSA) is 26.3 Å². The zero-order valence-electron chi connectivity index (χ0n) is 16.9. The number of carbonyl (C=O) groups excluding carboxylic acids is 1. The van der Waals surface area contributed by atoms with Gasteiger partial charge in [-0.1, -0.05) is 6.58 Å². The average molecular weight is 560 g/mol. The number of carbonyl (C=O) groups is 1. The second kappa shape index (κ2) is 9.15. The van der Waals surface area contributed by atoms with Gasteiger partial charge in [0.05, 0.1) is 0 Å². The third-order valence-corrected chi connectivity index (χ3v) is 4.39. The summed E-state index contributed by atoms with van der Waals surface area (Å²) in [5.41, 5.74) is -7.68. The van der Waals surface area contributed by atoms with Crippen molar-refractivity contribution < 1.29 is 84.2 Å². The second-order valence-corrected chi connectivity index (χ2v) is 7.42. The van der Waals surface area contributed by atoms with Crippen LogP contribution in [-0.2, 0) is 9.53 Å². The quantitative estimate of drug-likeness (QED) is 0.151. The average Bonchev–Trinajstić information content (AvgIpc) is 2.63. The lowest BCUT2D eigenvalue weighted by Gasteiger charge is -2.41. The van der Waals surface area contributed by atoms with Gasteiger partial charge in [-0.3, -0.25) is 0 Å². The molecule has 19 heteroatoms. The Morgan fingerprint density at radius 2 is 1.11 bits per heavy atom. The number of esters is 1. The molecule has 0 saturated carbocycles. The molecule has 0 rings (SSSR count). The van der Waals surface area contributed by atoms with E-state index in [-0.39, 0.29) is 0 Å². The number of rotatable bonds is 11. The summed E-state index contributed by atoms with van der Waals surface area (Å²) in [7, 11) is 0. The van der Waals surface area contributed by atoms with E-state index >= 15 is 0 Å². The summed E-state index contributed by atoms with van der Waals surface area (Å²) >= 11 is 0. The third kappa shape index (κ3) is 5.72. The van der Waals surface area contributed by atoms with Crippen LogP contribution in [0.3, 0.4) is 0 Å². The van der Waals surface area contributed by atoms with Gasteiger partial charge in [-0.05, 0) is 13.8 Å². The van der Waals surface area contributed by atoms with E-state index in [1.54, 1.807) is 0 Å². The van der Waals surface area contributed by atoms with Gasteiger partial charge in [0.1, 0.15) is 5.57 Å². The highest BCUT2D eigenvalue weighted by molar-refractivity contribution is 5.90. The van der Waals surface area contributed by atoms with Crippen molar-refractivity contribution in [3.63, 3.8) is 0 Å². The minimum atomic E-state index is -7.07. The fourth-order valence-electron chi connectivity index (χ4n) is 2.08. The Bertz CT molecular complexity index is 794. The summed E-state index contributed by atoms with van der Waals surface area (Å²) in [6.45, 7) is 0.975. The molecule has 0 radical (unpaired) electrons. The van der Waals surface area contributed by atoms with Crippen molar-refractivity contribution in [2.45, 2.75) is 80.4 Å². The molecule has 0 saturated heterocycles. The van der Waals surface area contributed by atoms with E-state index in [2.05, 4.69) is 4.74 Å². The molecule has 208 valence electrons. The lowest BCUT2D eigenvalue weighted by atomic mass is 9.90. The van der Waals surface area contributed by atoms with Gasteiger partial charge in [-0.2, -0.15) is 65.9 Å². The van der Waals surface area contributed by atoms with Gasteiger partial charge >= 0.3 is 54.1 Å². The Morgan fingerprint density at radius 1 is 0.714 bits per heavy atom. The van der Waals surface area contributed by atoms with Gasteiger partial charge in [-0.25, -0.2) is 13.6 Å². The van der Waals surface area contributed by atoms with E-state index in [1.807, 2.05) is 6.58 Å². The highest BCUT2D eigenvalue weighted by Crippen LogP contribution is 2.55. The van der Waals surface area contributed by atoms with Gasteiger partial charge in [0.15, 0.2) is 5.60 Å². The fraction of sp³-hybridized carbons (Fsp3) is 0.812. The molecule has 35 heavy (non-hydrogen) atoms. The van der Waals surface area contributed by atoms with Crippen molar-refractivity contribution in [3.8, 4) is 0 Å². The van der Waals surface area contributed by atoms with Gasteiger partial charge in [0.25, 0.3) is 0 Å². The molecule has 0 bridgehead atoms. The van der Waals surface area contributed by atoms with Crippen LogP contribution in [0.4, 0.5) is 74.6 Å². The molecular weight excluding hydrogens is 547 g/mol. The molecule has 0 fully saturated rings. The first-order valence-electron chi connectivity index (χ1n) is 8.48. The van der Waals surface area contributed by atoms with E-state index in [4.69, 9.17) is 0 Å². The molecule has 0 spiro atoms. The number of hydrogen-bond acceptors (Lipinski definition) is 2. The van der Waals surface area contributed by atoms with E-state index in [9.17, 15) is 79.4 Å². The smallest absolute Gasteiger partial charge is 0.389 e. The van der Waals surface area contributed by atoms with Crippen LogP contribution in [0.25, 0.3) is 0 Å². The Labute approximate surface area is 184 Å². The summed E-state index contributed by atoms with van der Waals surface area (Å²) in [6.07, 6.45) is -16.7. The molecule has 0 aromatic heterocycles. The highest BCUT2D eigenvalue weighted by atomic mass is 19.4.